The maximum Gasteiger partial charge on any atom is 0.191 e. The number of aromatic nitrogens is 3. The van der Waals surface area contributed by atoms with Crippen LogP contribution < -0.4 is 9.47 Å². The number of allylic oxidation sites excluding steroid dienone is 1. The van der Waals surface area contributed by atoms with Crippen LogP contribution in [0.25, 0.3) is 0 Å². The standard InChI is InChI=1S/C20H20ClN3O2S/c1-3-11-24-19(13-26-17-9-7-16(21)8-10-17)22-23-20(24)27-14-15-5-4-6-18(12-15)25-2/h3-10,12H,1,11,13-14H2,2H3. The molecule has 0 amide bonds. The fraction of sp³-hybridized carbons (Fsp3) is 0.200. The van der Waals surface area contributed by atoms with E-state index in [2.05, 4.69) is 22.8 Å². The molecule has 0 saturated carbocycles. The Kier molecular flexibility index (Phi) is 6.79. The highest BCUT2D eigenvalue weighted by Gasteiger charge is 2.13. The zero-order valence-electron chi connectivity index (χ0n) is 15.0. The summed E-state index contributed by atoms with van der Waals surface area (Å²) in [4.78, 5) is 0. The number of ether oxygens (including phenoxy) is 2. The van der Waals surface area contributed by atoms with Crippen LogP contribution in [0.4, 0.5) is 0 Å². The quantitative estimate of drug-likeness (QED) is 0.373. The summed E-state index contributed by atoms with van der Waals surface area (Å²) in [5.74, 6) is 3.10. The summed E-state index contributed by atoms with van der Waals surface area (Å²) >= 11 is 7.52. The van der Waals surface area contributed by atoms with Crippen molar-refractivity contribution in [2.24, 2.45) is 0 Å². The maximum absolute atomic E-state index is 5.90. The summed E-state index contributed by atoms with van der Waals surface area (Å²) in [7, 11) is 1.67. The van der Waals surface area contributed by atoms with Crippen LogP contribution in [-0.4, -0.2) is 21.9 Å². The lowest BCUT2D eigenvalue weighted by atomic mass is 10.2. The predicted octanol–water partition coefficient (Wildman–Crippen LogP) is 5.00. The molecule has 5 nitrogen and oxygen atoms in total. The van der Waals surface area contributed by atoms with Gasteiger partial charge in [0.15, 0.2) is 11.0 Å². The lowest BCUT2D eigenvalue weighted by Gasteiger charge is -2.09. The molecule has 1 aromatic heterocycles. The van der Waals surface area contributed by atoms with E-state index in [1.165, 1.54) is 0 Å². The zero-order valence-corrected chi connectivity index (χ0v) is 16.5. The van der Waals surface area contributed by atoms with Gasteiger partial charge in [-0.3, -0.25) is 4.57 Å². The summed E-state index contributed by atoms with van der Waals surface area (Å²) < 4.78 is 13.1. The maximum atomic E-state index is 5.90. The first kappa shape index (κ1) is 19.3. The molecule has 0 saturated heterocycles. The van der Waals surface area contributed by atoms with E-state index in [1.807, 2.05) is 41.0 Å². The molecular weight excluding hydrogens is 382 g/mol. The molecule has 0 aliphatic rings. The SMILES string of the molecule is C=CCn1c(COc2ccc(Cl)cc2)nnc1SCc1cccc(OC)c1. The number of rotatable bonds is 9. The van der Waals surface area contributed by atoms with Crippen molar-refractivity contribution in [1.82, 2.24) is 14.8 Å². The van der Waals surface area contributed by atoms with Crippen LogP contribution in [0.3, 0.4) is 0 Å². The van der Waals surface area contributed by atoms with Crippen molar-refractivity contribution in [2.45, 2.75) is 24.1 Å². The van der Waals surface area contributed by atoms with Crippen molar-refractivity contribution in [1.29, 1.82) is 0 Å². The second-order valence-electron chi connectivity index (χ2n) is 5.68. The number of thioether (sulfide) groups is 1. The highest BCUT2D eigenvalue weighted by atomic mass is 35.5. The van der Waals surface area contributed by atoms with Gasteiger partial charge in [-0.25, -0.2) is 0 Å². The van der Waals surface area contributed by atoms with Crippen LogP contribution in [0.15, 0.2) is 66.3 Å². The van der Waals surface area contributed by atoms with E-state index >= 15 is 0 Å². The molecule has 0 unspecified atom stereocenters. The summed E-state index contributed by atoms with van der Waals surface area (Å²) in [6, 6.07) is 15.2. The van der Waals surface area contributed by atoms with Gasteiger partial charge < -0.3 is 9.47 Å². The Morgan fingerprint density at radius 1 is 1.15 bits per heavy atom. The van der Waals surface area contributed by atoms with Crippen LogP contribution in [-0.2, 0) is 18.9 Å². The van der Waals surface area contributed by atoms with Crippen LogP contribution >= 0.6 is 23.4 Å². The minimum absolute atomic E-state index is 0.322. The average Bonchev–Trinajstić information content (AvgIpc) is 3.08. The van der Waals surface area contributed by atoms with E-state index in [0.29, 0.717) is 18.2 Å². The van der Waals surface area contributed by atoms with Gasteiger partial charge in [0.25, 0.3) is 0 Å². The van der Waals surface area contributed by atoms with Crippen LogP contribution in [0, 0.1) is 0 Å². The van der Waals surface area contributed by atoms with E-state index in [4.69, 9.17) is 21.1 Å². The molecule has 27 heavy (non-hydrogen) atoms. The third-order valence-electron chi connectivity index (χ3n) is 3.79. The number of halogens is 1. The van der Waals surface area contributed by atoms with E-state index in [0.717, 1.165) is 33.8 Å². The van der Waals surface area contributed by atoms with E-state index < -0.39 is 0 Å². The summed E-state index contributed by atoms with van der Waals surface area (Å²) in [5, 5.41) is 10.1. The third-order valence-corrected chi connectivity index (χ3v) is 5.08. The zero-order chi connectivity index (χ0) is 19.1. The topological polar surface area (TPSA) is 49.2 Å². The molecule has 3 aromatic rings. The van der Waals surface area contributed by atoms with Gasteiger partial charge in [0, 0.05) is 17.3 Å². The summed E-state index contributed by atoms with van der Waals surface area (Å²) in [6.07, 6.45) is 1.82. The van der Waals surface area contributed by atoms with Crippen molar-refractivity contribution in [3.05, 3.63) is 77.6 Å². The second kappa shape index (κ2) is 9.48. The Bertz CT molecular complexity index is 896. The summed E-state index contributed by atoms with van der Waals surface area (Å²) in [6.45, 7) is 4.77. The van der Waals surface area contributed by atoms with E-state index in [9.17, 15) is 0 Å². The molecule has 0 aliphatic carbocycles. The molecule has 0 N–H and O–H groups in total. The van der Waals surface area contributed by atoms with E-state index in [1.54, 1.807) is 31.0 Å². The molecule has 1 heterocycles. The molecule has 0 spiro atoms. The largest absolute Gasteiger partial charge is 0.497 e. The van der Waals surface area contributed by atoms with Gasteiger partial charge in [0.2, 0.25) is 0 Å². The minimum atomic E-state index is 0.322. The molecular formula is C20H20ClN3O2S. The smallest absolute Gasteiger partial charge is 0.191 e. The van der Waals surface area contributed by atoms with Crippen LogP contribution in [0.5, 0.6) is 11.5 Å². The van der Waals surface area contributed by atoms with Gasteiger partial charge in [0.05, 0.1) is 7.11 Å². The summed E-state index contributed by atoms with van der Waals surface area (Å²) in [5.41, 5.74) is 1.16. The molecule has 2 aromatic carbocycles. The molecule has 0 atom stereocenters. The van der Waals surface area contributed by atoms with Gasteiger partial charge in [0.1, 0.15) is 18.1 Å². The molecule has 7 heteroatoms. The Morgan fingerprint density at radius 2 is 1.96 bits per heavy atom. The van der Waals surface area contributed by atoms with Crippen molar-refractivity contribution in [3.63, 3.8) is 0 Å². The van der Waals surface area contributed by atoms with Crippen molar-refractivity contribution in [2.75, 3.05) is 7.11 Å². The van der Waals surface area contributed by atoms with Crippen LogP contribution in [0.2, 0.25) is 5.02 Å². The first-order valence-electron chi connectivity index (χ1n) is 8.36. The normalized spacial score (nSPS) is 10.6. The van der Waals surface area contributed by atoms with Gasteiger partial charge >= 0.3 is 0 Å². The Morgan fingerprint density at radius 3 is 2.70 bits per heavy atom. The monoisotopic (exact) mass is 401 g/mol. The molecule has 140 valence electrons. The Labute approximate surface area is 168 Å². The second-order valence-corrected chi connectivity index (χ2v) is 7.06. The number of hydrogen-bond acceptors (Lipinski definition) is 5. The first-order valence-corrected chi connectivity index (χ1v) is 9.73. The molecule has 3 rings (SSSR count). The number of hydrogen-bond donors (Lipinski definition) is 0. The number of benzene rings is 2. The fourth-order valence-corrected chi connectivity index (χ4v) is 3.47. The van der Waals surface area contributed by atoms with Gasteiger partial charge in [-0.05, 0) is 42.0 Å². The number of methoxy groups -OCH3 is 1. The van der Waals surface area contributed by atoms with E-state index in [-0.39, 0.29) is 0 Å². The minimum Gasteiger partial charge on any atom is -0.497 e. The highest BCUT2D eigenvalue weighted by Crippen LogP contribution is 2.25. The highest BCUT2D eigenvalue weighted by molar-refractivity contribution is 7.98. The van der Waals surface area contributed by atoms with Crippen LogP contribution in [0.1, 0.15) is 11.4 Å². The average molecular weight is 402 g/mol. The number of nitrogens with zero attached hydrogens (tertiary/aromatic N) is 3. The van der Waals surface area contributed by atoms with Crippen molar-refractivity contribution >= 4 is 23.4 Å². The molecule has 0 radical (unpaired) electrons. The fourth-order valence-electron chi connectivity index (χ4n) is 2.43. The third kappa shape index (κ3) is 5.28. The first-order chi connectivity index (χ1) is 13.2. The lowest BCUT2D eigenvalue weighted by molar-refractivity contribution is 0.289. The van der Waals surface area contributed by atoms with Gasteiger partial charge in [-0.1, -0.05) is 41.6 Å². The van der Waals surface area contributed by atoms with Crippen molar-refractivity contribution < 1.29 is 9.47 Å². The molecule has 0 aliphatic heterocycles. The van der Waals surface area contributed by atoms with Gasteiger partial charge in [-0.15, -0.1) is 16.8 Å². The van der Waals surface area contributed by atoms with Gasteiger partial charge in [-0.2, -0.15) is 0 Å². The molecule has 0 fully saturated rings. The molecule has 0 bridgehead atoms. The predicted molar refractivity (Wildman–Crippen MR) is 109 cm³/mol. The van der Waals surface area contributed by atoms with Crippen molar-refractivity contribution in [3.8, 4) is 11.5 Å². The lowest BCUT2D eigenvalue weighted by Crippen LogP contribution is -2.07. The Hall–Kier alpha value is -2.44. The Balaban J connectivity index is 1.68.